The highest BCUT2D eigenvalue weighted by Crippen LogP contribution is 2.19. The van der Waals surface area contributed by atoms with Gasteiger partial charge in [0, 0.05) is 12.8 Å². The molecule has 0 aromatic carbocycles. The average molecular weight is 1160 g/mol. The summed E-state index contributed by atoms with van der Waals surface area (Å²) in [6, 6.07) is 0. The molecule has 0 fully saturated rings. The Kier molecular flexibility index (Phi) is 62.5. The number of rotatable bonds is 67. The van der Waals surface area contributed by atoms with Crippen LogP contribution in [0.4, 0.5) is 0 Å². The van der Waals surface area contributed by atoms with Crippen LogP contribution in [0.2, 0.25) is 0 Å². The third-order valence-corrected chi connectivity index (χ3v) is 16.1. The van der Waals surface area contributed by atoms with Gasteiger partial charge < -0.3 is 28.5 Å². The van der Waals surface area contributed by atoms with E-state index >= 15 is 0 Å². The minimum atomic E-state index is -1.51. The first kappa shape index (κ1) is 79.5. The molecular weight excluding hydrogens is 1020 g/mol. The van der Waals surface area contributed by atoms with Crippen molar-refractivity contribution in [2.75, 3.05) is 47.5 Å². The number of nitrogens with zero attached hydrogens (tertiary/aromatic N) is 1. The van der Waals surface area contributed by atoms with E-state index in [0.717, 1.165) is 44.9 Å². The number of allylic oxidation sites excluding steroid dienone is 6. The van der Waals surface area contributed by atoms with E-state index in [1.807, 2.05) is 21.1 Å². The van der Waals surface area contributed by atoms with Gasteiger partial charge in [0.25, 0.3) is 6.29 Å². The van der Waals surface area contributed by atoms with E-state index in [1.165, 1.54) is 283 Å². The molecule has 482 valence electrons. The summed E-state index contributed by atoms with van der Waals surface area (Å²) in [5.74, 6) is -1.99. The van der Waals surface area contributed by atoms with Crippen LogP contribution in [0.15, 0.2) is 36.5 Å². The van der Waals surface area contributed by atoms with Gasteiger partial charge in [0.1, 0.15) is 13.2 Å². The molecule has 9 heteroatoms. The number of likely N-dealkylation sites (N-methyl/N-ethyl adjacent to an activating group) is 1. The summed E-state index contributed by atoms with van der Waals surface area (Å²) in [6.07, 6.45) is 78.5. The van der Waals surface area contributed by atoms with Crippen molar-refractivity contribution in [1.82, 2.24) is 0 Å². The third-order valence-electron chi connectivity index (χ3n) is 16.1. The summed E-state index contributed by atoms with van der Waals surface area (Å²) >= 11 is 0. The van der Waals surface area contributed by atoms with Crippen molar-refractivity contribution in [3.63, 3.8) is 0 Å². The van der Waals surface area contributed by atoms with Crippen LogP contribution in [-0.4, -0.2) is 87.4 Å². The summed E-state index contributed by atoms with van der Waals surface area (Å²) in [5.41, 5.74) is 0. The Morgan fingerprint density at radius 1 is 0.366 bits per heavy atom. The van der Waals surface area contributed by atoms with Crippen molar-refractivity contribution in [2.24, 2.45) is 0 Å². The first-order valence-electron chi connectivity index (χ1n) is 35.7. The molecule has 0 spiro atoms. The third kappa shape index (κ3) is 65.1. The number of unbranched alkanes of at least 4 members (excludes halogenated alkanes) is 46. The van der Waals surface area contributed by atoms with Gasteiger partial charge in [-0.15, -0.1) is 0 Å². The number of ether oxygens (including phenoxy) is 4. The number of carboxylic acids is 1. The predicted octanol–water partition coefficient (Wildman–Crippen LogP) is 22.0. The van der Waals surface area contributed by atoms with Crippen molar-refractivity contribution < 1.29 is 42.9 Å². The van der Waals surface area contributed by atoms with Gasteiger partial charge in [0.05, 0.1) is 34.4 Å². The maximum atomic E-state index is 12.9. The molecule has 1 N–H and O–H groups in total. The zero-order valence-corrected chi connectivity index (χ0v) is 55.2. The van der Waals surface area contributed by atoms with Gasteiger partial charge in [0.15, 0.2) is 6.10 Å². The number of hydrogen-bond donors (Lipinski definition) is 1. The van der Waals surface area contributed by atoms with Crippen LogP contribution in [0.3, 0.4) is 0 Å². The van der Waals surface area contributed by atoms with Crippen LogP contribution in [0.5, 0.6) is 0 Å². The number of carbonyl (C=O) groups excluding carboxylic acids is 2. The smallest absolute Gasteiger partial charge is 0.361 e. The van der Waals surface area contributed by atoms with E-state index < -0.39 is 18.4 Å². The summed E-state index contributed by atoms with van der Waals surface area (Å²) in [5, 5.41) is 9.73. The van der Waals surface area contributed by atoms with E-state index in [4.69, 9.17) is 18.9 Å². The second-order valence-corrected chi connectivity index (χ2v) is 25.5. The Morgan fingerprint density at radius 2 is 0.659 bits per heavy atom. The first-order chi connectivity index (χ1) is 40.1. The van der Waals surface area contributed by atoms with Crippen LogP contribution < -0.4 is 0 Å². The Hall–Kier alpha value is -2.49. The normalized spacial score (nSPS) is 12.8. The highest BCUT2D eigenvalue weighted by atomic mass is 16.7. The maximum absolute atomic E-state index is 12.9. The lowest BCUT2D eigenvalue weighted by Crippen LogP contribution is -2.40. The highest BCUT2D eigenvalue weighted by Gasteiger charge is 2.25. The zero-order chi connectivity index (χ0) is 59.8. The Bertz CT molecular complexity index is 1440. The quantitative estimate of drug-likeness (QED) is 0.0211. The molecule has 0 saturated carbocycles. The molecule has 0 aliphatic carbocycles. The Balaban J connectivity index is 3.95. The standard InChI is InChI=1S/C73H137NO8/c1-6-8-10-12-14-16-18-20-22-24-26-27-28-29-30-31-32-33-34-35-36-37-38-39-40-41-42-43-44-45-46-48-50-52-54-56-58-60-62-64-71(76)82-69(68-81-73(72(77)78)79-66-65-74(3,4)5)67-80-70(75)63-61-59-57-55-53-51-49-47-25-23-21-19-17-15-13-11-9-7-2/h18,20,23-26,69,73H,6-17,19,21-22,27-68H2,1-5H3/p+1/b20-18-,25-23-,26-24-. The van der Waals surface area contributed by atoms with Gasteiger partial charge in [-0.2, -0.15) is 0 Å². The molecule has 0 rings (SSSR count). The topological polar surface area (TPSA) is 108 Å². The zero-order valence-electron chi connectivity index (χ0n) is 55.2. The van der Waals surface area contributed by atoms with Crippen LogP contribution in [0.25, 0.3) is 0 Å². The fourth-order valence-electron chi connectivity index (χ4n) is 10.6. The van der Waals surface area contributed by atoms with Crippen LogP contribution in [-0.2, 0) is 33.3 Å². The summed E-state index contributed by atoms with van der Waals surface area (Å²) in [7, 11) is 5.99. The van der Waals surface area contributed by atoms with E-state index in [9.17, 15) is 19.5 Å². The summed E-state index contributed by atoms with van der Waals surface area (Å²) in [6.45, 7) is 4.92. The summed E-state index contributed by atoms with van der Waals surface area (Å²) < 4.78 is 23.0. The molecule has 2 unspecified atom stereocenters. The highest BCUT2D eigenvalue weighted by molar-refractivity contribution is 5.71. The van der Waals surface area contributed by atoms with Gasteiger partial charge in [-0.3, -0.25) is 9.59 Å². The molecular formula is C73H138NO8+. The van der Waals surface area contributed by atoms with E-state index in [-0.39, 0.29) is 38.2 Å². The maximum Gasteiger partial charge on any atom is 0.361 e. The van der Waals surface area contributed by atoms with Gasteiger partial charge in [-0.25, -0.2) is 4.79 Å². The van der Waals surface area contributed by atoms with E-state index in [1.54, 1.807) is 0 Å². The molecule has 2 atom stereocenters. The van der Waals surface area contributed by atoms with E-state index in [2.05, 4.69) is 50.3 Å². The molecule has 0 heterocycles. The van der Waals surface area contributed by atoms with Crippen LogP contribution >= 0.6 is 0 Å². The molecule has 9 nitrogen and oxygen atoms in total. The van der Waals surface area contributed by atoms with Gasteiger partial charge >= 0.3 is 17.9 Å². The molecule has 0 bridgehead atoms. The SMILES string of the molecule is CCCCCCC/C=C\C/C=C\CCCCCCCCCCCCCCCCCCCCCCCCCCCCCC(=O)OC(COC(=O)CCCCCCCCC/C=C\CCCCCCCCC)COC(OCC[N+](C)(C)C)C(=O)O. The lowest BCUT2D eigenvalue weighted by atomic mass is 10.0. The number of esters is 2. The number of hydrogen-bond acceptors (Lipinski definition) is 7. The lowest BCUT2D eigenvalue weighted by molar-refractivity contribution is -0.870. The minimum Gasteiger partial charge on any atom is -0.477 e. The molecule has 0 saturated heterocycles. The second-order valence-electron chi connectivity index (χ2n) is 25.5. The molecule has 0 aliphatic heterocycles. The number of aliphatic carboxylic acids is 1. The number of carbonyl (C=O) groups is 3. The summed E-state index contributed by atoms with van der Waals surface area (Å²) in [4.78, 5) is 37.5. The number of quaternary nitrogens is 1. The molecule has 0 radical (unpaired) electrons. The molecule has 0 aromatic heterocycles. The molecule has 82 heavy (non-hydrogen) atoms. The average Bonchev–Trinajstić information content (AvgIpc) is 3.45. The Morgan fingerprint density at radius 3 is 0.976 bits per heavy atom. The van der Waals surface area contributed by atoms with Crippen molar-refractivity contribution in [3.8, 4) is 0 Å². The molecule has 0 aromatic rings. The molecule has 0 amide bonds. The molecule has 0 aliphatic rings. The minimum absolute atomic E-state index is 0.179. The van der Waals surface area contributed by atoms with Crippen molar-refractivity contribution >= 4 is 17.9 Å². The second kappa shape index (κ2) is 64.5. The fourth-order valence-corrected chi connectivity index (χ4v) is 10.6. The largest absolute Gasteiger partial charge is 0.477 e. The van der Waals surface area contributed by atoms with Gasteiger partial charge in [0.2, 0.25) is 0 Å². The van der Waals surface area contributed by atoms with Crippen LogP contribution in [0, 0.1) is 0 Å². The van der Waals surface area contributed by atoms with Gasteiger partial charge in [-0.05, 0) is 70.6 Å². The monoisotopic (exact) mass is 1160 g/mol. The number of carboxylic acid groups (broad SMARTS) is 1. The lowest BCUT2D eigenvalue weighted by Gasteiger charge is -2.25. The van der Waals surface area contributed by atoms with E-state index in [0.29, 0.717) is 17.4 Å². The van der Waals surface area contributed by atoms with Crippen molar-refractivity contribution in [3.05, 3.63) is 36.5 Å². The van der Waals surface area contributed by atoms with Gasteiger partial charge in [-0.1, -0.05) is 307 Å². The van der Waals surface area contributed by atoms with Crippen molar-refractivity contribution in [2.45, 2.75) is 367 Å². The van der Waals surface area contributed by atoms with Crippen molar-refractivity contribution in [1.29, 1.82) is 0 Å². The van der Waals surface area contributed by atoms with Crippen LogP contribution in [0.1, 0.15) is 354 Å². The fraction of sp³-hybridized carbons (Fsp3) is 0.877. The first-order valence-corrected chi connectivity index (χ1v) is 35.7. The Labute approximate surface area is 509 Å². The predicted molar refractivity (Wildman–Crippen MR) is 351 cm³/mol.